The molecule has 0 spiro atoms. The number of aromatic nitrogens is 2. The minimum Gasteiger partial charge on any atom is -0.444 e. The van der Waals surface area contributed by atoms with E-state index in [4.69, 9.17) is 16.3 Å². The number of amides is 1. The Hall–Kier alpha value is -1.56. The first-order chi connectivity index (χ1) is 9.35. The first-order valence-corrected chi connectivity index (χ1v) is 6.94. The molecule has 0 bridgehead atoms. The molecule has 0 aromatic carbocycles. The Balaban J connectivity index is 1.90. The summed E-state index contributed by atoms with van der Waals surface area (Å²) < 4.78 is 5.24. The number of carbonyl (C=O) groups excluding carboxylic acids is 1. The van der Waals surface area contributed by atoms with Gasteiger partial charge in [0.25, 0.3) is 0 Å². The van der Waals surface area contributed by atoms with Crippen molar-refractivity contribution in [1.82, 2.24) is 15.3 Å². The first-order valence-electron chi connectivity index (χ1n) is 6.56. The number of nitrogens with one attached hydrogen (secondary N) is 1. The van der Waals surface area contributed by atoms with Gasteiger partial charge in [-0.1, -0.05) is 11.6 Å². The first kappa shape index (κ1) is 14.8. The molecule has 1 aliphatic heterocycles. The number of hydrogen-bond acceptors (Lipinski definition) is 5. The molecular weight excluding hydrogens is 280 g/mol. The molecule has 0 unspecified atom stereocenters. The second kappa shape index (κ2) is 5.83. The number of alkyl carbamates (subject to hydrolysis) is 1. The van der Waals surface area contributed by atoms with Crippen LogP contribution in [0.15, 0.2) is 12.4 Å². The second-order valence-corrected chi connectivity index (χ2v) is 6.11. The monoisotopic (exact) mass is 298 g/mol. The Morgan fingerprint density at radius 1 is 1.45 bits per heavy atom. The molecule has 110 valence electrons. The summed E-state index contributed by atoms with van der Waals surface area (Å²) >= 11 is 6.02. The lowest BCUT2D eigenvalue weighted by Crippen LogP contribution is -2.40. The van der Waals surface area contributed by atoms with Crippen LogP contribution in [0.5, 0.6) is 0 Å². The Labute approximate surface area is 123 Å². The van der Waals surface area contributed by atoms with Crippen molar-refractivity contribution in [3.05, 3.63) is 17.5 Å². The predicted molar refractivity (Wildman–Crippen MR) is 77.0 cm³/mol. The van der Waals surface area contributed by atoms with Crippen molar-refractivity contribution in [1.29, 1.82) is 0 Å². The highest BCUT2D eigenvalue weighted by Gasteiger charge is 2.27. The van der Waals surface area contributed by atoms with E-state index in [1.165, 1.54) is 0 Å². The van der Waals surface area contributed by atoms with E-state index in [-0.39, 0.29) is 6.04 Å². The molecule has 20 heavy (non-hydrogen) atoms. The third-order valence-electron chi connectivity index (χ3n) is 2.84. The van der Waals surface area contributed by atoms with Crippen molar-refractivity contribution in [2.24, 2.45) is 0 Å². The zero-order valence-corrected chi connectivity index (χ0v) is 12.6. The molecule has 1 amide bonds. The van der Waals surface area contributed by atoms with Crippen LogP contribution in [0.2, 0.25) is 5.15 Å². The highest BCUT2D eigenvalue weighted by Crippen LogP contribution is 2.24. The summed E-state index contributed by atoms with van der Waals surface area (Å²) in [4.78, 5) is 22.0. The van der Waals surface area contributed by atoms with E-state index in [0.29, 0.717) is 17.5 Å². The molecule has 1 saturated heterocycles. The Kier molecular flexibility index (Phi) is 4.32. The van der Waals surface area contributed by atoms with Crippen molar-refractivity contribution >= 4 is 23.5 Å². The summed E-state index contributed by atoms with van der Waals surface area (Å²) in [6.45, 7) is 6.95. The lowest BCUT2D eigenvalue weighted by molar-refractivity contribution is 0.0509. The van der Waals surface area contributed by atoms with Gasteiger partial charge in [0.15, 0.2) is 11.0 Å². The normalized spacial score (nSPS) is 19.0. The second-order valence-electron chi connectivity index (χ2n) is 5.75. The summed E-state index contributed by atoms with van der Waals surface area (Å²) in [6.07, 6.45) is 3.59. The molecule has 7 heteroatoms. The number of hydrogen-bond donors (Lipinski definition) is 1. The molecule has 0 aliphatic carbocycles. The van der Waals surface area contributed by atoms with Crippen LogP contribution in [0.25, 0.3) is 0 Å². The molecule has 2 heterocycles. The van der Waals surface area contributed by atoms with Crippen LogP contribution in [-0.2, 0) is 4.74 Å². The van der Waals surface area contributed by atoms with Crippen molar-refractivity contribution < 1.29 is 9.53 Å². The van der Waals surface area contributed by atoms with E-state index in [2.05, 4.69) is 15.3 Å². The molecule has 1 aliphatic rings. The van der Waals surface area contributed by atoms with Gasteiger partial charge >= 0.3 is 6.09 Å². The molecule has 0 saturated carbocycles. The van der Waals surface area contributed by atoms with E-state index in [1.807, 2.05) is 25.7 Å². The molecule has 1 fully saturated rings. The van der Waals surface area contributed by atoms with Crippen molar-refractivity contribution in [3.8, 4) is 0 Å². The van der Waals surface area contributed by atoms with Crippen LogP contribution >= 0.6 is 11.6 Å². The van der Waals surface area contributed by atoms with Gasteiger partial charge in [0.2, 0.25) is 0 Å². The number of halogens is 1. The van der Waals surface area contributed by atoms with Crippen LogP contribution in [0.4, 0.5) is 10.6 Å². The SMILES string of the molecule is CC(C)(C)OC(=O)N[C@@H]1CCN(c2nccnc2Cl)C1. The van der Waals surface area contributed by atoms with Crippen LogP contribution in [0, 0.1) is 0 Å². The van der Waals surface area contributed by atoms with E-state index in [0.717, 1.165) is 13.0 Å². The van der Waals surface area contributed by atoms with Crippen LogP contribution in [0.3, 0.4) is 0 Å². The number of anilines is 1. The van der Waals surface area contributed by atoms with Crippen molar-refractivity contribution in [2.75, 3.05) is 18.0 Å². The molecule has 1 aromatic heterocycles. The Morgan fingerprint density at radius 2 is 2.15 bits per heavy atom. The van der Waals surface area contributed by atoms with Gasteiger partial charge in [-0.25, -0.2) is 14.8 Å². The smallest absolute Gasteiger partial charge is 0.407 e. The standard InChI is InChI=1S/C13H19ClN4O2/c1-13(2,3)20-12(19)17-9-4-7-18(8-9)11-10(14)15-5-6-16-11/h5-6,9H,4,7-8H2,1-3H3,(H,17,19)/t9-/m1/s1. The zero-order valence-electron chi connectivity index (χ0n) is 11.9. The summed E-state index contributed by atoms with van der Waals surface area (Å²) in [6, 6.07) is 0.0305. The molecule has 6 nitrogen and oxygen atoms in total. The molecule has 2 rings (SSSR count). The maximum absolute atomic E-state index is 11.7. The molecular formula is C13H19ClN4O2. The van der Waals surface area contributed by atoms with Crippen molar-refractivity contribution in [3.63, 3.8) is 0 Å². The Bertz CT molecular complexity index is 490. The minimum absolute atomic E-state index is 0.0305. The maximum Gasteiger partial charge on any atom is 0.407 e. The molecule has 1 atom stereocenters. The predicted octanol–water partition coefficient (Wildman–Crippen LogP) is 2.23. The Morgan fingerprint density at radius 3 is 2.80 bits per heavy atom. The van der Waals surface area contributed by atoms with Crippen LogP contribution < -0.4 is 10.2 Å². The van der Waals surface area contributed by atoms with E-state index >= 15 is 0 Å². The van der Waals surface area contributed by atoms with E-state index in [9.17, 15) is 4.79 Å². The summed E-state index contributed by atoms with van der Waals surface area (Å²) in [5, 5.41) is 3.24. The van der Waals surface area contributed by atoms with Gasteiger partial charge in [-0.2, -0.15) is 0 Å². The van der Waals surface area contributed by atoms with Gasteiger partial charge in [0, 0.05) is 25.5 Å². The van der Waals surface area contributed by atoms with E-state index < -0.39 is 11.7 Å². The quantitative estimate of drug-likeness (QED) is 0.907. The van der Waals surface area contributed by atoms with Gasteiger partial charge in [0.05, 0.1) is 6.04 Å². The number of carbonyl (C=O) groups is 1. The number of rotatable bonds is 2. The molecule has 1 aromatic rings. The topological polar surface area (TPSA) is 67.3 Å². The maximum atomic E-state index is 11.7. The summed E-state index contributed by atoms with van der Waals surface area (Å²) in [7, 11) is 0. The van der Waals surface area contributed by atoms with Gasteiger partial charge in [-0.3, -0.25) is 0 Å². The summed E-state index contributed by atoms with van der Waals surface area (Å²) in [5.74, 6) is 0.655. The molecule has 0 radical (unpaired) electrons. The minimum atomic E-state index is -0.489. The van der Waals surface area contributed by atoms with E-state index in [1.54, 1.807) is 12.4 Å². The van der Waals surface area contributed by atoms with Gasteiger partial charge in [-0.05, 0) is 27.2 Å². The van der Waals surface area contributed by atoms with Gasteiger partial charge in [0.1, 0.15) is 5.60 Å². The fraction of sp³-hybridized carbons (Fsp3) is 0.615. The zero-order chi connectivity index (χ0) is 14.8. The third kappa shape index (κ3) is 3.96. The molecule has 1 N–H and O–H groups in total. The van der Waals surface area contributed by atoms with Crippen LogP contribution in [0.1, 0.15) is 27.2 Å². The lowest BCUT2D eigenvalue weighted by atomic mass is 10.2. The fourth-order valence-electron chi connectivity index (χ4n) is 2.07. The third-order valence-corrected chi connectivity index (χ3v) is 3.11. The van der Waals surface area contributed by atoms with Crippen molar-refractivity contribution in [2.45, 2.75) is 38.8 Å². The largest absolute Gasteiger partial charge is 0.444 e. The van der Waals surface area contributed by atoms with Gasteiger partial charge in [-0.15, -0.1) is 0 Å². The lowest BCUT2D eigenvalue weighted by Gasteiger charge is -2.22. The highest BCUT2D eigenvalue weighted by atomic mass is 35.5. The average Bonchev–Trinajstić information content (AvgIpc) is 2.75. The number of nitrogens with zero attached hydrogens (tertiary/aromatic N) is 3. The number of ether oxygens (including phenoxy) is 1. The average molecular weight is 299 g/mol. The van der Waals surface area contributed by atoms with Crippen LogP contribution in [-0.4, -0.2) is 40.8 Å². The van der Waals surface area contributed by atoms with Gasteiger partial charge < -0.3 is 15.0 Å². The fourth-order valence-corrected chi connectivity index (χ4v) is 2.30. The highest BCUT2D eigenvalue weighted by molar-refractivity contribution is 6.31. The summed E-state index contributed by atoms with van der Waals surface area (Å²) in [5.41, 5.74) is -0.489.